The van der Waals surface area contributed by atoms with Gasteiger partial charge in [-0.2, -0.15) is 0 Å². The Labute approximate surface area is 109 Å². The van der Waals surface area contributed by atoms with E-state index in [1.165, 1.54) is 22.5 Å². The summed E-state index contributed by atoms with van der Waals surface area (Å²) in [6.07, 6.45) is 0. The lowest BCUT2D eigenvalue weighted by molar-refractivity contribution is 0.617. The van der Waals surface area contributed by atoms with Gasteiger partial charge in [0.05, 0.1) is 3.57 Å². The van der Waals surface area contributed by atoms with Crippen LogP contribution in [0.15, 0.2) is 22.2 Å². The van der Waals surface area contributed by atoms with Crippen LogP contribution in [0.25, 0.3) is 0 Å². The Morgan fingerprint density at radius 3 is 2.88 bits per heavy atom. The van der Waals surface area contributed by atoms with E-state index < -0.39 is 0 Å². The van der Waals surface area contributed by atoms with Gasteiger partial charge < -0.3 is 5.73 Å². The van der Waals surface area contributed by atoms with Crippen LogP contribution in [0.3, 0.4) is 0 Å². The number of aryl methyl sites for hydroxylation is 1. The SMILES string of the molecule is Cn1nnnc1Sc1cc(F)c(I)cc1N. The van der Waals surface area contributed by atoms with Gasteiger partial charge in [-0.25, -0.2) is 9.07 Å². The van der Waals surface area contributed by atoms with Crippen molar-refractivity contribution in [3.8, 4) is 0 Å². The Hall–Kier alpha value is -0.900. The van der Waals surface area contributed by atoms with Crippen LogP contribution in [0, 0.1) is 9.39 Å². The monoisotopic (exact) mass is 351 g/mol. The second-order valence-electron chi connectivity index (χ2n) is 2.99. The van der Waals surface area contributed by atoms with Gasteiger partial charge in [-0.1, -0.05) is 0 Å². The van der Waals surface area contributed by atoms with Gasteiger partial charge in [0.2, 0.25) is 5.16 Å². The molecule has 0 aliphatic carbocycles. The second-order valence-corrected chi connectivity index (χ2v) is 5.16. The number of benzene rings is 1. The van der Waals surface area contributed by atoms with Crippen molar-refractivity contribution in [2.24, 2.45) is 7.05 Å². The van der Waals surface area contributed by atoms with Crippen molar-refractivity contribution >= 4 is 40.0 Å². The van der Waals surface area contributed by atoms with Crippen LogP contribution in [-0.2, 0) is 7.05 Å². The van der Waals surface area contributed by atoms with Crippen LogP contribution in [-0.4, -0.2) is 20.2 Å². The van der Waals surface area contributed by atoms with Gasteiger partial charge >= 0.3 is 0 Å². The third-order valence-corrected chi connectivity index (χ3v) is 3.76. The minimum atomic E-state index is -0.299. The van der Waals surface area contributed by atoms with Crippen LogP contribution in [0.1, 0.15) is 0 Å². The number of tetrazole rings is 1. The lowest BCUT2D eigenvalue weighted by Crippen LogP contribution is -1.96. The van der Waals surface area contributed by atoms with E-state index in [4.69, 9.17) is 5.73 Å². The molecule has 0 amide bonds. The smallest absolute Gasteiger partial charge is 0.213 e. The molecule has 0 bridgehead atoms. The molecule has 0 fully saturated rings. The highest BCUT2D eigenvalue weighted by Crippen LogP contribution is 2.32. The summed E-state index contributed by atoms with van der Waals surface area (Å²) in [5, 5.41) is 11.5. The Morgan fingerprint density at radius 1 is 1.50 bits per heavy atom. The first kappa shape index (κ1) is 11.6. The summed E-state index contributed by atoms with van der Waals surface area (Å²) in [5.41, 5.74) is 6.30. The number of hydrogen-bond acceptors (Lipinski definition) is 5. The maximum absolute atomic E-state index is 13.4. The molecule has 16 heavy (non-hydrogen) atoms. The average molecular weight is 351 g/mol. The van der Waals surface area contributed by atoms with E-state index >= 15 is 0 Å². The molecule has 2 N–H and O–H groups in total. The van der Waals surface area contributed by atoms with E-state index in [9.17, 15) is 4.39 Å². The van der Waals surface area contributed by atoms with E-state index in [2.05, 4.69) is 15.5 Å². The van der Waals surface area contributed by atoms with Crippen LogP contribution in [0.5, 0.6) is 0 Å². The fourth-order valence-corrected chi connectivity index (χ4v) is 2.31. The topological polar surface area (TPSA) is 69.6 Å². The van der Waals surface area contributed by atoms with Gasteiger partial charge in [-0.15, -0.1) is 5.10 Å². The predicted molar refractivity (Wildman–Crippen MR) is 66.5 cm³/mol. The largest absolute Gasteiger partial charge is 0.398 e. The van der Waals surface area contributed by atoms with Gasteiger partial charge in [0.1, 0.15) is 5.82 Å². The highest BCUT2D eigenvalue weighted by molar-refractivity contribution is 14.1. The van der Waals surface area contributed by atoms with Crippen molar-refractivity contribution in [3.63, 3.8) is 0 Å². The normalized spacial score (nSPS) is 10.7. The van der Waals surface area contributed by atoms with Crippen molar-refractivity contribution in [2.45, 2.75) is 10.1 Å². The second kappa shape index (κ2) is 4.53. The van der Waals surface area contributed by atoms with Crippen molar-refractivity contribution in [1.29, 1.82) is 0 Å². The van der Waals surface area contributed by atoms with Crippen molar-refractivity contribution < 1.29 is 4.39 Å². The Morgan fingerprint density at radius 2 is 2.25 bits per heavy atom. The van der Waals surface area contributed by atoms with Gasteiger partial charge in [0.25, 0.3) is 0 Å². The maximum Gasteiger partial charge on any atom is 0.213 e. The summed E-state index contributed by atoms with van der Waals surface area (Å²) in [7, 11) is 1.71. The lowest BCUT2D eigenvalue weighted by atomic mass is 10.3. The number of anilines is 1. The molecule has 0 aliphatic rings. The van der Waals surface area contributed by atoms with Crippen LogP contribution in [0.2, 0.25) is 0 Å². The van der Waals surface area contributed by atoms with Gasteiger partial charge in [0, 0.05) is 17.6 Å². The van der Waals surface area contributed by atoms with Crippen LogP contribution >= 0.6 is 34.4 Å². The van der Waals surface area contributed by atoms with Crippen molar-refractivity contribution in [3.05, 3.63) is 21.5 Å². The third-order valence-electron chi connectivity index (χ3n) is 1.84. The number of halogens is 2. The van der Waals surface area contributed by atoms with Gasteiger partial charge in [0.15, 0.2) is 0 Å². The minimum absolute atomic E-state index is 0.299. The van der Waals surface area contributed by atoms with E-state index in [1.54, 1.807) is 13.1 Å². The zero-order valence-corrected chi connectivity index (χ0v) is 11.2. The number of aromatic nitrogens is 4. The zero-order valence-electron chi connectivity index (χ0n) is 8.19. The van der Waals surface area contributed by atoms with E-state index in [-0.39, 0.29) is 5.82 Å². The molecule has 0 atom stereocenters. The molecule has 0 saturated carbocycles. The molecule has 1 aromatic heterocycles. The first-order valence-electron chi connectivity index (χ1n) is 4.22. The Balaban J connectivity index is 2.35. The summed E-state index contributed by atoms with van der Waals surface area (Å²) < 4.78 is 15.3. The fraction of sp³-hybridized carbons (Fsp3) is 0.125. The third kappa shape index (κ3) is 2.26. The molecule has 2 rings (SSSR count). The van der Waals surface area contributed by atoms with Gasteiger partial charge in [-0.05, 0) is 56.9 Å². The average Bonchev–Trinajstić information content (AvgIpc) is 2.61. The maximum atomic E-state index is 13.4. The highest BCUT2D eigenvalue weighted by Gasteiger charge is 2.10. The number of nitrogens with zero attached hydrogens (tertiary/aromatic N) is 4. The van der Waals surface area contributed by atoms with E-state index in [0.29, 0.717) is 19.3 Å². The molecule has 0 unspecified atom stereocenters. The van der Waals surface area contributed by atoms with E-state index in [0.717, 1.165) is 0 Å². The summed E-state index contributed by atoms with van der Waals surface area (Å²) in [4.78, 5) is 0.607. The van der Waals surface area contributed by atoms with Crippen molar-refractivity contribution in [1.82, 2.24) is 20.2 Å². The Bertz CT molecular complexity index is 529. The molecule has 0 spiro atoms. The molecule has 1 aromatic carbocycles. The molecule has 8 heteroatoms. The summed E-state index contributed by atoms with van der Waals surface area (Å²) >= 11 is 3.12. The molecule has 0 saturated heterocycles. The number of nitrogen functional groups attached to an aromatic ring is 1. The molecule has 0 aliphatic heterocycles. The minimum Gasteiger partial charge on any atom is -0.398 e. The van der Waals surface area contributed by atoms with Crippen molar-refractivity contribution in [2.75, 3.05) is 5.73 Å². The molecular weight excluding hydrogens is 344 g/mol. The molecule has 84 valence electrons. The molecule has 5 nitrogen and oxygen atoms in total. The first-order valence-corrected chi connectivity index (χ1v) is 6.12. The lowest BCUT2D eigenvalue weighted by Gasteiger charge is -2.05. The zero-order chi connectivity index (χ0) is 11.7. The fourth-order valence-electron chi connectivity index (χ4n) is 1.04. The number of rotatable bonds is 2. The first-order chi connectivity index (χ1) is 7.58. The summed E-state index contributed by atoms with van der Waals surface area (Å²) in [6.45, 7) is 0. The number of nitrogens with two attached hydrogens (primary N) is 1. The molecular formula is C8H7FIN5S. The van der Waals surface area contributed by atoms with E-state index in [1.807, 2.05) is 22.6 Å². The van der Waals surface area contributed by atoms with Crippen LogP contribution in [0.4, 0.5) is 10.1 Å². The highest BCUT2D eigenvalue weighted by atomic mass is 127. The predicted octanol–water partition coefficient (Wildman–Crippen LogP) is 1.69. The summed E-state index contributed by atoms with van der Waals surface area (Å²) in [6, 6.07) is 2.97. The molecule has 2 aromatic rings. The van der Waals surface area contributed by atoms with Crippen LogP contribution < -0.4 is 5.73 Å². The molecule has 0 radical (unpaired) electrons. The quantitative estimate of drug-likeness (QED) is 0.659. The number of hydrogen-bond donors (Lipinski definition) is 1. The summed E-state index contributed by atoms with van der Waals surface area (Å²) in [5.74, 6) is -0.299. The van der Waals surface area contributed by atoms with Gasteiger partial charge in [-0.3, -0.25) is 0 Å². The molecule has 1 heterocycles. The standard InChI is InChI=1S/C8H7FIN5S/c1-15-8(12-13-14-15)16-7-2-4(9)5(10)3-6(7)11/h2-3H,11H2,1H3. The Kier molecular flexibility index (Phi) is 3.28.